The summed E-state index contributed by atoms with van der Waals surface area (Å²) in [6, 6.07) is 10.2. The van der Waals surface area contributed by atoms with E-state index in [0.29, 0.717) is 0 Å². The number of allylic oxidation sites excluding steroid dienone is 4. The minimum absolute atomic E-state index is 0.00848. The molecule has 1 aliphatic heterocycles. The summed E-state index contributed by atoms with van der Waals surface area (Å²) in [6.45, 7) is 17.9. The van der Waals surface area contributed by atoms with E-state index in [2.05, 4.69) is 45.6 Å². The van der Waals surface area contributed by atoms with Crippen LogP contribution >= 0.6 is 11.8 Å². The van der Waals surface area contributed by atoms with Crippen LogP contribution in [0.2, 0.25) is 0 Å². The number of ketones is 1. The third-order valence-corrected chi connectivity index (χ3v) is 14.6. The first-order chi connectivity index (χ1) is 23.1. The SMILES string of the molecule is C/C=C(\C)C(C)=O.C=C(C)C1CC[C@]2(O)C3CC=C4CC(OC5OC(C)C(O)C(OC)C5Sc5ccccc5)CC[C@]4(C)C3C[C@@H](O)[C@]12C. The fourth-order valence-corrected chi connectivity index (χ4v) is 11.3. The molecule has 13 atom stereocenters. The van der Waals surface area contributed by atoms with Crippen molar-refractivity contribution < 1.29 is 34.3 Å². The van der Waals surface area contributed by atoms with Crippen LogP contribution in [0.25, 0.3) is 0 Å². The zero-order valence-corrected chi connectivity index (χ0v) is 31.7. The van der Waals surface area contributed by atoms with Crippen LogP contribution in [-0.2, 0) is 19.0 Å². The Morgan fingerprint density at radius 3 is 2.37 bits per heavy atom. The molecule has 0 amide bonds. The number of Topliss-reactive ketones (excluding diaryl/α,β-unsaturated/α-hetero) is 1. The van der Waals surface area contributed by atoms with Crippen LogP contribution in [0.3, 0.4) is 0 Å². The maximum absolute atomic E-state index is 12.4. The Morgan fingerprint density at radius 1 is 1.08 bits per heavy atom. The van der Waals surface area contributed by atoms with E-state index >= 15 is 0 Å². The molecule has 272 valence electrons. The minimum Gasteiger partial charge on any atom is -0.392 e. The Hall–Kier alpha value is -1.78. The van der Waals surface area contributed by atoms with Gasteiger partial charge in [0.2, 0.25) is 0 Å². The molecule has 3 N–H and O–H groups in total. The van der Waals surface area contributed by atoms with Crippen molar-refractivity contribution in [2.75, 3.05) is 7.11 Å². The summed E-state index contributed by atoms with van der Waals surface area (Å²) in [6.07, 6.45) is 7.40. The number of ether oxygens (including phenoxy) is 3. The molecule has 7 nitrogen and oxygen atoms in total. The molecule has 8 heteroatoms. The van der Waals surface area contributed by atoms with Crippen LogP contribution in [-0.4, -0.2) is 75.9 Å². The predicted octanol–water partition coefficient (Wildman–Crippen LogP) is 7.44. The summed E-state index contributed by atoms with van der Waals surface area (Å²) in [7, 11) is 1.65. The zero-order valence-electron chi connectivity index (χ0n) is 30.9. The first-order valence-electron chi connectivity index (χ1n) is 18.2. The summed E-state index contributed by atoms with van der Waals surface area (Å²) < 4.78 is 18.9. The Morgan fingerprint density at radius 2 is 1.78 bits per heavy atom. The van der Waals surface area contributed by atoms with Gasteiger partial charge in [-0.3, -0.25) is 4.79 Å². The Labute approximate surface area is 298 Å². The summed E-state index contributed by atoms with van der Waals surface area (Å²) in [5.74, 6) is 0.674. The van der Waals surface area contributed by atoms with Crippen LogP contribution < -0.4 is 0 Å². The van der Waals surface area contributed by atoms with Crippen molar-refractivity contribution in [3.05, 3.63) is 65.8 Å². The van der Waals surface area contributed by atoms with Gasteiger partial charge in [0.1, 0.15) is 12.2 Å². The van der Waals surface area contributed by atoms with Crippen LogP contribution in [0.15, 0.2) is 70.7 Å². The molecular formula is C41H60O7S. The lowest BCUT2D eigenvalue weighted by atomic mass is 9.44. The van der Waals surface area contributed by atoms with Crippen molar-refractivity contribution in [1.82, 2.24) is 0 Å². The van der Waals surface area contributed by atoms with Crippen molar-refractivity contribution in [2.24, 2.45) is 28.6 Å². The summed E-state index contributed by atoms with van der Waals surface area (Å²) in [5.41, 5.74) is 1.79. The molecule has 3 saturated carbocycles. The highest BCUT2D eigenvalue weighted by Gasteiger charge is 2.69. The second-order valence-corrected chi connectivity index (χ2v) is 17.1. The normalized spacial score (nSPS) is 43.2. The standard InChI is InChI=1S/C35H50O6S.C6H10O/c1-20(2)25-15-17-35(38)26-13-12-22-18-23(14-16-33(22,4)27(26)19-28(36)34(25,35)5)41-32-31(42-24-10-8-7-9-11-24)30(39-6)29(37)21(3)40-32;1-4-5(2)6(3)7/h7-12,21,23,25-32,36-38H,1,13-19H2,2-6H3;4H,1-3H3/b;5-4+/t21?,23?,25?,26?,27?,28-,29?,30?,31?,32?,33+,34+,35+;/m1./s1. The number of thioether (sulfide) groups is 1. The number of carbonyl (C=O) groups is 1. The van der Waals surface area contributed by atoms with Crippen LogP contribution in [0.1, 0.15) is 93.4 Å². The average Bonchev–Trinajstić information content (AvgIpc) is 3.37. The van der Waals surface area contributed by atoms with Gasteiger partial charge in [0, 0.05) is 17.4 Å². The third-order valence-electron chi connectivity index (χ3n) is 13.3. The topological polar surface area (TPSA) is 105 Å². The maximum atomic E-state index is 12.4. The van der Waals surface area contributed by atoms with Gasteiger partial charge in [0.05, 0.1) is 29.2 Å². The van der Waals surface area contributed by atoms with Gasteiger partial charge >= 0.3 is 0 Å². The maximum Gasteiger partial charge on any atom is 0.173 e. The first kappa shape index (κ1) is 38.5. The van der Waals surface area contributed by atoms with E-state index < -0.39 is 41.7 Å². The molecule has 1 saturated heterocycles. The van der Waals surface area contributed by atoms with Crippen molar-refractivity contribution >= 4 is 17.5 Å². The molecule has 9 unspecified atom stereocenters. The third kappa shape index (κ3) is 6.93. The quantitative estimate of drug-likeness (QED) is 0.200. The van der Waals surface area contributed by atoms with E-state index in [1.807, 2.05) is 45.0 Å². The highest BCUT2D eigenvalue weighted by atomic mass is 32.2. The lowest BCUT2D eigenvalue weighted by Gasteiger charge is -2.63. The second kappa shape index (κ2) is 15.1. The van der Waals surface area contributed by atoms with Gasteiger partial charge in [-0.1, -0.05) is 61.9 Å². The molecule has 0 spiro atoms. The highest BCUT2D eigenvalue weighted by Crippen LogP contribution is 2.68. The molecular weight excluding hydrogens is 637 g/mol. The van der Waals surface area contributed by atoms with E-state index in [0.717, 1.165) is 61.0 Å². The molecule has 0 radical (unpaired) electrons. The lowest BCUT2D eigenvalue weighted by molar-refractivity contribution is -0.262. The molecule has 1 aromatic rings. The number of fused-ring (bicyclic) bond motifs is 5. The number of hydrogen-bond acceptors (Lipinski definition) is 8. The van der Waals surface area contributed by atoms with Crippen LogP contribution in [0.5, 0.6) is 0 Å². The highest BCUT2D eigenvalue weighted by molar-refractivity contribution is 8.00. The Bertz CT molecular complexity index is 1410. The zero-order chi connectivity index (χ0) is 35.9. The number of benzene rings is 1. The van der Waals surface area contributed by atoms with Gasteiger partial charge < -0.3 is 29.5 Å². The van der Waals surface area contributed by atoms with Gasteiger partial charge in [0.25, 0.3) is 0 Å². The summed E-state index contributed by atoms with van der Waals surface area (Å²) in [4.78, 5) is 11.4. The molecule has 0 bridgehead atoms. The van der Waals surface area contributed by atoms with Crippen LogP contribution in [0, 0.1) is 28.6 Å². The van der Waals surface area contributed by atoms with Crippen molar-refractivity contribution in [3.8, 4) is 0 Å². The molecule has 5 aliphatic rings. The smallest absolute Gasteiger partial charge is 0.173 e. The number of aliphatic hydroxyl groups excluding tert-OH is 2. The molecule has 1 aromatic carbocycles. The van der Waals surface area contributed by atoms with Gasteiger partial charge in [-0.15, -0.1) is 11.8 Å². The summed E-state index contributed by atoms with van der Waals surface area (Å²) >= 11 is 1.64. The van der Waals surface area contributed by atoms with Crippen molar-refractivity contribution in [3.63, 3.8) is 0 Å². The van der Waals surface area contributed by atoms with E-state index in [4.69, 9.17) is 14.2 Å². The number of aliphatic hydroxyl groups is 3. The van der Waals surface area contributed by atoms with Gasteiger partial charge in [0.15, 0.2) is 12.1 Å². The number of rotatable bonds is 7. The van der Waals surface area contributed by atoms with E-state index in [1.54, 1.807) is 25.8 Å². The van der Waals surface area contributed by atoms with E-state index in [1.165, 1.54) is 5.57 Å². The van der Waals surface area contributed by atoms with E-state index in [9.17, 15) is 20.1 Å². The number of carbonyl (C=O) groups excluding carboxylic acids is 1. The molecule has 6 rings (SSSR count). The summed E-state index contributed by atoms with van der Waals surface area (Å²) in [5, 5.41) is 34.7. The molecule has 4 aliphatic carbocycles. The predicted molar refractivity (Wildman–Crippen MR) is 195 cm³/mol. The lowest BCUT2D eigenvalue weighted by Crippen LogP contribution is -2.65. The molecule has 49 heavy (non-hydrogen) atoms. The number of hydrogen-bond donors (Lipinski definition) is 3. The van der Waals surface area contributed by atoms with Gasteiger partial charge in [-0.2, -0.15) is 0 Å². The van der Waals surface area contributed by atoms with Crippen molar-refractivity contribution in [2.45, 2.75) is 146 Å². The largest absolute Gasteiger partial charge is 0.392 e. The Kier molecular flexibility index (Phi) is 11.8. The van der Waals surface area contributed by atoms with Gasteiger partial charge in [-0.05, 0) is 120 Å². The average molecular weight is 697 g/mol. The Balaban J connectivity index is 0.000000606. The first-order valence-corrected chi connectivity index (χ1v) is 19.1. The number of methoxy groups -OCH3 is 1. The molecule has 0 aromatic heterocycles. The molecule has 4 fully saturated rings. The fraction of sp³-hybridized carbons (Fsp3) is 0.683. The van der Waals surface area contributed by atoms with Gasteiger partial charge in [-0.25, -0.2) is 0 Å². The van der Waals surface area contributed by atoms with Crippen molar-refractivity contribution in [1.29, 1.82) is 0 Å². The monoisotopic (exact) mass is 696 g/mol. The minimum atomic E-state index is -0.888. The fourth-order valence-electron chi connectivity index (χ4n) is 10.0. The van der Waals surface area contributed by atoms with Crippen LogP contribution in [0.4, 0.5) is 0 Å². The second-order valence-electron chi connectivity index (χ2n) is 15.8. The van der Waals surface area contributed by atoms with E-state index in [-0.39, 0.29) is 40.3 Å². The molecule has 1 heterocycles.